The average Bonchev–Trinajstić information content (AvgIpc) is 3.04. The van der Waals surface area contributed by atoms with E-state index in [9.17, 15) is 13.2 Å². The standard InChI is InChI=1S/C20H23ClF3N7/c1-11(2)27-18-26-10-16-17(30-18)31(13-5-7-25-8-6-13)19(29-16)28-12-3-4-14(15(21)9-12)20(22,23)24/h3-4,9-11,13,25H,5-8H2,1-2H3,(H,28,29)(H,26,27,30). The highest BCUT2D eigenvalue weighted by atomic mass is 35.5. The Kier molecular flexibility index (Phi) is 5.94. The van der Waals surface area contributed by atoms with Gasteiger partial charge in [0.15, 0.2) is 5.65 Å². The van der Waals surface area contributed by atoms with Crippen LogP contribution in [0.25, 0.3) is 11.2 Å². The molecule has 0 aliphatic carbocycles. The monoisotopic (exact) mass is 453 g/mol. The van der Waals surface area contributed by atoms with E-state index in [0.717, 1.165) is 32.0 Å². The molecule has 2 aromatic heterocycles. The Balaban J connectivity index is 1.75. The Morgan fingerprint density at radius 1 is 1.19 bits per heavy atom. The molecule has 3 aromatic rings. The fraction of sp³-hybridized carbons (Fsp3) is 0.450. The van der Waals surface area contributed by atoms with E-state index >= 15 is 0 Å². The summed E-state index contributed by atoms with van der Waals surface area (Å²) in [5, 5.41) is 9.29. The van der Waals surface area contributed by atoms with E-state index in [1.165, 1.54) is 12.1 Å². The molecule has 0 saturated carbocycles. The molecule has 4 rings (SSSR count). The fourth-order valence-electron chi connectivity index (χ4n) is 3.67. The summed E-state index contributed by atoms with van der Waals surface area (Å²) in [5.74, 6) is 0.996. The fourth-order valence-corrected chi connectivity index (χ4v) is 3.96. The molecular formula is C20H23ClF3N7. The van der Waals surface area contributed by atoms with Crippen molar-refractivity contribution >= 4 is 40.3 Å². The van der Waals surface area contributed by atoms with Gasteiger partial charge in [-0.1, -0.05) is 11.6 Å². The number of piperidine rings is 1. The minimum absolute atomic E-state index is 0.139. The highest BCUT2D eigenvalue weighted by molar-refractivity contribution is 6.31. The van der Waals surface area contributed by atoms with E-state index in [2.05, 4.69) is 30.9 Å². The quantitative estimate of drug-likeness (QED) is 0.505. The molecule has 0 unspecified atom stereocenters. The summed E-state index contributed by atoms with van der Waals surface area (Å²) in [4.78, 5) is 13.6. The first-order valence-corrected chi connectivity index (χ1v) is 10.5. The predicted molar refractivity (Wildman–Crippen MR) is 115 cm³/mol. The minimum atomic E-state index is -4.51. The number of anilines is 3. The van der Waals surface area contributed by atoms with E-state index < -0.39 is 11.7 Å². The number of aromatic nitrogens is 4. The second-order valence-corrected chi connectivity index (χ2v) is 8.21. The zero-order valence-electron chi connectivity index (χ0n) is 17.1. The summed E-state index contributed by atoms with van der Waals surface area (Å²) in [7, 11) is 0. The normalized spacial score (nSPS) is 15.6. The molecule has 1 aromatic carbocycles. The van der Waals surface area contributed by atoms with Crippen LogP contribution < -0.4 is 16.0 Å². The van der Waals surface area contributed by atoms with Gasteiger partial charge in [-0.05, 0) is 58.0 Å². The third-order valence-corrected chi connectivity index (χ3v) is 5.37. The van der Waals surface area contributed by atoms with Crippen molar-refractivity contribution in [3.05, 3.63) is 35.0 Å². The number of alkyl halides is 3. The van der Waals surface area contributed by atoms with Crippen molar-refractivity contribution in [2.45, 2.75) is 44.9 Å². The van der Waals surface area contributed by atoms with Crippen LogP contribution in [0, 0.1) is 0 Å². The Labute approximate surface area is 182 Å². The molecule has 0 spiro atoms. The van der Waals surface area contributed by atoms with Crippen molar-refractivity contribution in [2.24, 2.45) is 0 Å². The summed E-state index contributed by atoms with van der Waals surface area (Å²) in [5.41, 5.74) is 0.817. The van der Waals surface area contributed by atoms with Gasteiger partial charge in [-0.3, -0.25) is 4.57 Å². The number of benzene rings is 1. The van der Waals surface area contributed by atoms with Gasteiger partial charge in [-0.25, -0.2) is 9.97 Å². The van der Waals surface area contributed by atoms with Crippen molar-refractivity contribution in [3.63, 3.8) is 0 Å². The Morgan fingerprint density at radius 2 is 1.94 bits per heavy atom. The van der Waals surface area contributed by atoms with Crippen LogP contribution in [0.15, 0.2) is 24.4 Å². The maximum absolute atomic E-state index is 13.0. The lowest BCUT2D eigenvalue weighted by atomic mass is 10.1. The number of imidazole rings is 1. The molecule has 1 aliphatic heterocycles. The van der Waals surface area contributed by atoms with E-state index in [1.807, 2.05) is 18.4 Å². The molecule has 3 N–H and O–H groups in total. The first-order chi connectivity index (χ1) is 14.7. The zero-order valence-corrected chi connectivity index (χ0v) is 17.8. The summed E-state index contributed by atoms with van der Waals surface area (Å²) < 4.78 is 41.1. The summed E-state index contributed by atoms with van der Waals surface area (Å²) in [6.45, 7) is 5.72. The smallest absolute Gasteiger partial charge is 0.352 e. The first-order valence-electron chi connectivity index (χ1n) is 10.1. The molecular weight excluding hydrogens is 431 g/mol. The van der Waals surface area contributed by atoms with Crippen molar-refractivity contribution in [2.75, 3.05) is 23.7 Å². The first kappa shape index (κ1) is 21.6. The molecule has 1 saturated heterocycles. The van der Waals surface area contributed by atoms with Gasteiger partial charge in [0, 0.05) is 17.8 Å². The molecule has 7 nitrogen and oxygen atoms in total. The molecule has 0 bridgehead atoms. The van der Waals surface area contributed by atoms with Gasteiger partial charge in [0.25, 0.3) is 0 Å². The molecule has 3 heterocycles. The highest BCUT2D eigenvalue weighted by Gasteiger charge is 2.33. The molecule has 0 atom stereocenters. The van der Waals surface area contributed by atoms with E-state index in [0.29, 0.717) is 28.7 Å². The van der Waals surface area contributed by atoms with Crippen LogP contribution in [0.3, 0.4) is 0 Å². The Hall–Kier alpha value is -2.59. The Morgan fingerprint density at radius 3 is 2.58 bits per heavy atom. The van der Waals surface area contributed by atoms with Crippen LogP contribution in [0.1, 0.15) is 38.3 Å². The van der Waals surface area contributed by atoms with Gasteiger partial charge in [0.1, 0.15) is 5.52 Å². The molecule has 1 fully saturated rings. The third-order valence-electron chi connectivity index (χ3n) is 5.05. The van der Waals surface area contributed by atoms with Crippen molar-refractivity contribution in [3.8, 4) is 0 Å². The maximum Gasteiger partial charge on any atom is 0.417 e. The molecule has 0 amide bonds. The largest absolute Gasteiger partial charge is 0.417 e. The van der Waals surface area contributed by atoms with Crippen molar-refractivity contribution in [1.29, 1.82) is 0 Å². The number of hydrogen-bond acceptors (Lipinski definition) is 6. The third kappa shape index (κ3) is 4.69. The number of nitrogens with zero attached hydrogens (tertiary/aromatic N) is 4. The van der Waals surface area contributed by atoms with Crippen LogP contribution in [0.4, 0.5) is 30.8 Å². The van der Waals surface area contributed by atoms with Crippen LogP contribution in [0.2, 0.25) is 5.02 Å². The summed E-state index contributed by atoms with van der Waals surface area (Å²) in [6, 6.07) is 3.87. The van der Waals surface area contributed by atoms with E-state index in [4.69, 9.17) is 11.6 Å². The number of hydrogen-bond donors (Lipinski definition) is 3. The van der Waals surface area contributed by atoms with Crippen LogP contribution in [-0.4, -0.2) is 38.7 Å². The molecule has 0 radical (unpaired) electrons. The van der Waals surface area contributed by atoms with Crippen LogP contribution in [0.5, 0.6) is 0 Å². The van der Waals surface area contributed by atoms with Gasteiger partial charge in [-0.2, -0.15) is 18.2 Å². The zero-order chi connectivity index (χ0) is 22.2. The lowest BCUT2D eigenvalue weighted by Crippen LogP contribution is -2.30. The topological polar surface area (TPSA) is 79.7 Å². The van der Waals surface area contributed by atoms with Gasteiger partial charge >= 0.3 is 6.18 Å². The highest BCUT2D eigenvalue weighted by Crippen LogP contribution is 2.37. The van der Waals surface area contributed by atoms with Gasteiger partial charge in [-0.15, -0.1) is 0 Å². The maximum atomic E-state index is 13.0. The number of rotatable bonds is 5. The molecule has 166 valence electrons. The van der Waals surface area contributed by atoms with Gasteiger partial charge < -0.3 is 16.0 Å². The molecule has 1 aliphatic rings. The predicted octanol–water partition coefficient (Wildman–Crippen LogP) is 4.99. The second kappa shape index (κ2) is 8.51. The molecule has 11 heteroatoms. The second-order valence-electron chi connectivity index (χ2n) is 7.81. The number of halogens is 4. The van der Waals surface area contributed by atoms with Gasteiger partial charge in [0.05, 0.1) is 16.8 Å². The van der Waals surface area contributed by atoms with Crippen molar-refractivity contribution < 1.29 is 13.2 Å². The van der Waals surface area contributed by atoms with Crippen LogP contribution >= 0.6 is 11.6 Å². The minimum Gasteiger partial charge on any atom is -0.352 e. The van der Waals surface area contributed by atoms with Crippen LogP contribution in [-0.2, 0) is 6.18 Å². The van der Waals surface area contributed by atoms with E-state index in [-0.39, 0.29) is 17.1 Å². The lowest BCUT2D eigenvalue weighted by Gasteiger charge is -2.26. The lowest BCUT2D eigenvalue weighted by molar-refractivity contribution is -0.137. The summed E-state index contributed by atoms with van der Waals surface area (Å²) >= 11 is 5.89. The van der Waals surface area contributed by atoms with E-state index in [1.54, 1.807) is 6.20 Å². The van der Waals surface area contributed by atoms with Crippen molar-refractivity contribution in [1.82, 2.24) is 24.8 Å². The average molecular weight is 454 g/mol. The SMILES string of the molecule is CC(C)Nc1ncc2nc(Nc3ccc(C(F)(F)F)c(Cl)c3)n(C3CCNCC3)c2n1. The number of fused-ring (bicyclic) bond motifs is 1. The van der Waals surface area contributed by atoms with Gasteiger partial charge in [0.2, 0.25) is 11.9 Å². The summed E-state index contributed by atoms with van der Waals surface area (Å²) in [6.07, 6.45) is -1.10. The number of nitrogens with one attached hydrogen (secondary N) is 3. The Bertz CT molecular complexity index is 1070. The molecule has 31 heavy (non-hydrogen) atoms.